The lowest BCUT2D eigenvalue weighted by molar-refractivity contribution is -0.109. The van der Waals surface area contributed by atoms with Crippen LogP contribution >= 0.6 is 35.0 Å². The molecule has 0 saturated carbocycles. The van der Waals surface area contributed by atoms with E-state index >= 15 is 0 Å². The van der Waals surface area contributed by atoms with Crippen LogP contribution in [-0.2, 0) is 4.79 Å². The van der Waals surface area contributed by atoms with E-state index in [4.69, 9.17) is 23.2 Å². The molecule has 0 fully saturated rings. The quantitative estimate of drug-likeness (QED) is 0.470. The maximum atomic E-state index is 10.6. The highest BCUT2D eigenvalue weighted by molar-refractivity contribution is 8.13. The third kappa shape index (κ3) is 4.89. The smallest absolute Gasteiger partial charge is 0.185 e. The van der Waals surface area contributed by atoms with Crippen molar-refractivity contribution in [1.29, 1.82) is 0 Å². The van der Waals surface area contributed by atoms with E-state index < -0.39 is 0 Å². The summed E-state index contributed by atoms with van der Waals surface area (Å²) in [6.45, 7) is 1.54. The first-order valence-corrected chi connectivity index (χ1v) is 6.28. The van der Waals surface area contributed by atoms with Gasteiger partial charge in [-0.3, -0.25) is 4.79 Å². The summed E-state index contributed by atoms with van der Waals surface area (Å²) in [5.41, 5.74) is 0.652. The van der Waals surface area contributed by atoms with Crippen LogP contribution in [0.5, 0.6) is 0 Å². The van der Waals surface area contributed by atoms with Gasteiger partial charge < -0.3 is 0 Å². The minimum Gasteiger partial charge on any atom is -0.288 e. The molecule has 0 unspecified atom stereocenters. The third-order valence-corrected chi connectivity index (χ3v) is 2.88. The van der Waals surface area contributed by atoms with Crippen molar-refractivity contribution in [2.75, 3.05) is 5.75 Å². The van der Waals surface area contributed by atoms with Crippen molar-refractivity contribution < 1.29 is 4.79 Å². The van der Waals surface area contributed by atoms with E-state index in [1.807, 2.05) is 0 Å². The van der Waals surface area contributed by atoms with Gasteiger partial charge in [0.05, 0.1) is 5.56 Å². The molecule has 0 aliphatic rings. The van der Waals surface area contributed by atoms with Crippen LogP contribution in [0.3, 0.4) is 0 Å². The number of aromatic nitrogens is 1. The van der Waals surface area contributed by atoms with Gasteiger partial charge in [0.25, 0.3) is 0 Å². The highest BCUT2D eigenvalue weighted by Crippen LogP contribution is 2.15. The molecule has 84 valence electrons. The molecule has 1 heterocycles. The van der Waals surface area contributed by atoms with Crippen LogP contribution in [0.4, 0.5) is 0 Å². The van der Waals surface area contributed by atoms with Gasteiger partial charge in [0.2, 0.25) is 0 Å². The van der Waals surface area contributed by atoms with Gasteiger partial charge in [0.1, 0.15) is 10.3 Å². The van der Waals surface area contributed by atoms with E-state index in [1.165, 1.54) is 18.7 Å². The van der Waals surface area contributed by atoms with Crippen LogP contribution in [0.15, 0.2) is 12.1 Å². The molecule has 1 aromatic heterocycles. The number of carbonyl (C=O) groups is 1. The molecule has 0 radical (unpaired) electrons. The van der Waals surface area contributed by atoms with Crippen molar-refractivity contribution in [3.05, 3.63) is 28.0 Å². The van der Waals surface area contributed by atoms with Crippen molar-refractivity contribution in [3.63, 3.8) is 0 Å². The lowest BCUT2D eigenvalue weighted by atomic mass is 10.3. The number of hydrogen-bond acceptors (Lipinski definition) is 3. The molecule has 1 rings (SSSR count). The fourth-order valence-corrected chi connectivity index (χ4v) is 1.79. The Balaban J connectivity index is 2.53. The Morgan fingerprint density at radius 1 is 1.50 bits per heavy atom. The SMILES string of the molecule is CC(=O)SCCC#Cc1ccc(Cl)nc1Cl. The number of nitrogens with zero attached hydrogens (tertiary/aromatic N) is 1. The molecule has 2 nitrogen and oxygen atoms in total. The highest BCUT2D eigenvalue weighted by Gasteiger charge is 1.98. The second-order valence-corrected chi connectivity index (χ2v) is 4.88. The van der Waals surface area contributed by atoms with Gasteiger partial charge in [0.15, 0.2) is 5.12 Å². The average Bonchev–Trinajstić information content (AvgIpc) is 2.20. The van der Waals surface area contributed by atoms with Gasteiger partial charge in [-0.1, -0.05) is 46.8 Å². The molecule has 1 aromatic rings. The summed E-state index contributed by atoms with van der Waals surface area (Å²) in [6, 6.07) is 3.37. The van der Waals surface area contributed by atoms with Crippen LogP contribution in [0, 0.1) is 11.8 Å². The molecule has 5 heteroatoms. The number of carbonyl (C=O) groups excluding carboxylic acids is 1. The molecule has 0 aliphatic heterocycles. The van der Waals surface area contributed by atoms with Crippen molar-refractivity contribution >= 4 is 40.1 Å². The Kier molecular flexibility index (Phi) is 5.68. The number of pyridine rings is 1. The standard InChI is InChI=1S/C11H9Cl2NOS/c1-8(15)16-7-3-2-4-9-5-6-10(12)14-11(9)13/h5-6H,3,7H2,1H3. The zero-order valence-corrected chi connectivity index (χ0v) is 10.9. The summed E-state index contributed by atoms with van der Waals surface area (Å²) in [6.07, 6.45) is 0.642. The summed E-state index contributed by atoms with van der Waals surface area (Å²) in [7, 11) is 0. The Morgan fingerprint density at radius 3 is 2.88 bits per heavy atom. The Bertz CT molecular complexity index is 451. The second-order valence-electron chi connectivity index (χ2n) is 2.86. The topological polar surface area (TPSA) is 30.0 Å². The number of rotatable bonds is 2. The molecular formula is C11H9Cl2NOS. The predicted molar refractivity (Wildman–Crippen MR) is 68.9 cm³/mol. The van der Waals surface area contributed by atoms with Crippen LogP contribution < -0.4 is 0 Å². The average molecular weight is 274 g/mol. The van der Waals surface area contributed by atoms with Crippen molar-refractivity contribution in [1.82, 2.24) is 4.98 Å². The zero-order valence-electron chi connectivity index (χ0n) is 8.59. The first kappa shape index (κ1) is 13.4. The van der Waals surface area contributed by atoms with Crippen molar-refractivity contribution in [3.8, 4) is 11.8 Å². The second kappa shape index (κ2) is 6.80. The molecule has 0 atom stereocenters. The molecular weight excluding hydrogens is 265 g/mol. The number of hydrogen-bond donors (Lipinski definition) is 0. The molecule has 0 amide bonds. The lowest BCUT2D eigenvalue weighted by Crippen LogP contribution is -1.85. The predicted octanol–water partition coefficient (Wildman–Crippen LogP) is 3.41. The van der Waals surface area contributed by atoms with E-state index in [1.54, 1.807) is 12.1 Å². The molecule has 0 N–H and O–H groups in total. The van der Waals surface area contributed by atoms with Crippen molar-refractivity contribution in [2.24, 2.45) is 0 Å². The summed E-state index contributed by atoms with van der Waals surface area (Å²) >= 11 is 12.7. The van der Waals surface area contributed by atoms with E-state index in [0.29, 0.717) is 28.0 Å². The first-order chi connectivity index (χ1) is 7.59. The third-order valence-electron chi connectivity index (χ3n) is 1.57. The molecule has 0 aromatic carbocycles. The number of halogens is 2. The summed E-state index contributed by atoms with van der Waals surface area (Å²) in [5.74, 6) is 6.51. The highest BCUT2D eigenvalue weighted by atomic mass is 35.5. The van der Waals surface area contributed by atoms with Gasteiger partial charge in [-0.2, -0.15) is 0 Å². The van der Waals surface area contributed by atoms with Gasteiger partial charge >= 0.3 is 0 Å². The minimum atomic E-state index is 0.105. The molecule has 0 aliphatic carbocycles. The fourth-order valence-electron chi connectivity index (χ4n) is 0.909. The molecule has 0 bridgehead atoms. The van der Waals surface area contributed by atoms with Crippen LogP contribution in [0.2, 0.25) is 10.3 Å². The monoisotopic (exact) mass is 273 g/mol. The van der Waals surface area contributed by atoms with Gasteiger partial charge in [0, 0.05) is 19.1 Å². The maximum absolute atomic E-state index is 10.6. The van der Waals surface area contributed by atoms with Crippen LogP contribution in [0.25, 0.3) is 0 Å². The van der Waals surface area contributed by atoms with Gasteiger partial charge in [-0.05, 0) is 12.1 Å². The van der Waals surface area contributed by atoms with E-state index in [0.717, 1.165) is 0 Å². The Hall–Kier alpha value is -0.690. The minimum absolute atomic E-state index is 0.105. The summed E-state index contributed by atoms with van der Waals surface area (Å²) in [4.78, 5) is 14.5. The molecule has 0 spiro atoms. The Morgan fingerprint density at radius 2 is 2.25 bits per heavy atom. The van der Waals surface area contributed by atoms with E-state index in [-0.39, 0.29) is 5.12 Å². The molecule has 0 saturated heterocycles. The van der Waals surface area contributed by atoms with Crippen LogP contribution in [-0.4, -0.2) is 15.9 Å². The van der Waals surface area contributed by atoms with Crippen molar-refractivity contribution in [2.45, 2.75) is 13.3 Å². The normalized spacial score (nSPS) is 9.44. The zero-order chi connectivity index (χ0) is 12.0. The fraction of sp³-hybridized carbons (Fsp3) is 0.273. The van der Waals surface area contributed by atoms with Gasteiger partial charge in [-0.15, -0.1) is 0 Å². The number of thioether (sulfide) groups is 1. The largest absolute Gasteiger partial charge is 0.288 e. The Labute approximate surface area is 109 Å². The first-order valence-electron chi connectivity index (χ1n) is 4.54. The van der Waals surface area contributed by atoms with Crippen LogP contribution in [0.1, 0.15) is 18.9 Å². The summed E-state index contributed by atoms with van der Waals surface area (Å²) in [5, 5.41) is 0.759. The van der Waals surface area contributed by atoms with E-state index in [2.05, 4.69) is 16.8 Å². The molecule has 16 heavy (non-hydrogen) atoms. The lowest BCUT2D eigenvalue weighted by Gasteiger charge is -1.94. The van der Waals surface area contributed by atoms with Gasteiger partial charge in [-0.25, -0.2) is 4.98 Å². The maximum Gasteiger partial charge on any atom is 0.185 e. The van der Waals surface area contributed by atoms with E-state index in [9.17, 15) is 4.79 Å². The summed E-state index contributed by atoms with van der Waals surface area (Å²) < 4.78 is 0.